The number of aromatic amines is 1. The van der Waals surface area contributed by atoms with Gasteiger partial charge in [-0.1, -0.05) is 37.3 Å². The van der Waals surface area contributed by atoms with Crippen LogP contribution in [0.1, 0.15) is 31.4 Å². The Balaban J connectivity index is 2.04. The first-order valence-corrected chi connectivity index (χ1v) is 9.44. The number of hydrogen-bond donors (Lipinski definition) is 2. The number of aromatic hydroxyl groups is 1. The van der Waals surface area contributed by atoms with Crippen molar-refractivity contribution >= 4 is 11.4 Å². The van der Waals surface area contributed by atoms with E-state index in [2.05, 4.69) is 9.98 Å². The highest BCUT2D eigenvalue weighted by Gasteiger charge is 2.18. The molecule has 0 unspecified atom stereocenters. The summed E-state index contributed by atoms with van der Waals surface area (Å²) in [6, 6.07) is 16.3. The fraction of sp³-hybridized carbons (Fsp3) is 0.227. The molecule has 29 heavy (non-hydrogen) atoms. The van der Waals surface area contributed by atoms with Crippen LogP contribution in [0.4, 0.5) is 5.69 Å². The summed E-state index contributed by atoms with van der Waals surface area (Å²) in [5, 5.41) is 10.7. The Bertz CT molecular complexity index is 1110. The molecule has 0 saturated carbocycles. The third-order valence-electron chi connectivity index (χ3n) is 4.39. The van der Waals surface area contributed by atoms with Crippen LogP contribution in [-0.2, 0) is 6.54 Å². The summed E-state index contributed by atoms with van der Waals surface area (Å²) in [4.78, 5) is 31.5. The molecular formula is C22H23N3O4. The lowest BCUT2D eigenvalue weighted by Crippen LogP contribution is -2.34. The van der Waals surface area contributed by atoms with Crippen LogP contribution < -0.4 is 16.0 Å². The first-order chi connectivity index (χ1) is 14.0. The highest BCUT2D eigenvalue weighted by molar-refractivity contribution is 6.03. The smallest absolute Gasteiger partial charge is 0.331 e. The van der Waals surface area contributed by atoms with Gasteiger partial charge in [-0.05, 0) is 43.2 Å². The maximum Gasteiger partial charge on any atom is 0.331 e. The number of aromatic nitrogens is 2. The Morgan fingerprint density at radius 2 is 1.76 bits per heavy atom. The minimum atomic E-state index is -0.670. The molecule has 0 amide bonds. The minimum absolute atomic E-state index is 0.00286. The molecule has 2 N–H and O–H groups in total. The summed E-state index contributed by atoms with van der Waals surface area (Å²) >= 11 is 0. The summed E-state index contributed by atoms with van der Waals surface area (Å²) in [6.45, 7) is 4.43. The van der Waals surface area contributed by atoms with Gasteiger partial charge in [0.2, 0.25) is 5.88 Å². The third-order valence-corrected chi connectivity index (χ3v) is 4.39. The molecule has 0 spiro atoms. The van der Waals surface area contributed by atoms with E-state index in [1.54, 1.807) is 24.3 Å². The average Bonchev–Trinajstić information content (AvgIpc) is 2.72. The lowest BCUT2D eigenvalue weighted by atomic mass is 10.1. The van der Waals surface area contributed by atoms with E-state index in [1.807, 2.05) is 44.2 Å². The van der Waals surface area contributed by atoms with Crippen molar-refractivity contribution in [2.24, 2.45) is 4.99 Å². The van der Waals surface area contributed by atoms with Crippen molar-refractivity contribution in [1.82, 2.24) is 9.55 Å². The SMILES string of the molecule is CCOc1ccc(N=C(CC)c2c(O)n(Cc3ccccc3)c(=O)[nH]c2=O)cc1. The van der Waals surface area contributed by atoms with Crippen molar-refractivity contribution in [2.75, 3.05) is 6.61 Å². The van der Waals surface area contributed by atoms with E-state index in [-0.39, 0.29) is 12.1 Å². The molecule has 0 bridgehead atoms. The van der Waals surface area contributed by atoms with Gasteiger partial charge in [0, 0.05) is 0 Å². The van der Waals surface area contributed by atoms with Crippen molar-refractivity contribution in [2.45, 2.75) is 26.8 Å². The Hall–Kier alpha value is -3.61. The van der Waals surface area contributed by atoms with Gasteiger partial charge in [0.05, 0.1) is 24.6 Å². The van der Waals surface area contributed by atoms with Gasteiger partial charge in [0.25, 0.3) is 5.56 Å². The molecule has 0 saturated heterocycles. The fourth-order valence-corrected chi connectivity index (χ4v) is 2.98. The van der Waals surface area contributed by atoms with Crippen molar-refractivity contribution in [3.63, 3.8) is 0 Å². The second kappa shape index (κ2) is 9.05. The van der Waals surface area contributed by atoms with Crippen LogP contribution in [0.3, 0.4) is 0 Å². The maximum absolute atomic E-state index is 12.5. The number of H-pyrrole nitrogens is 1. The molecule has 150 valence electrons. The largest absolute Gasteiger partial charge is 0.494 e. The lowest BCUT2D eigenvalue weighted by molar-refractivity contribution is 0.340. The predicted molar refractivity (Wildman–Crippen MR) is 113 cm³/mol. The number of nitrogens with zero attached hydrogens (tertiary/aromatic N) is 2. The van der Waals surface area contributed by atoms with Crippen LogP contribution in [0, 0.1) is 0 Å². The van der Waals surface area contributed by atoms with Crippen molar-refractivity contribution in [1.29, 1.82) is 0 Å². The summed E-state index contributed by atoms with van der Waals surface area (Å²) in [5.74, 6) is 0.329. The van der Waals surface area contributed by atoms with Gasteiger partial charge in [-0.25, -0.2) is 4.79 Å². The number of nitrogens with one attached hydrogen (secondary N) is 1. The number of ether oxygens (including phenoxy) is 1. The predicted octanol–water partition coefficient (Wildman–Crippen LogP) is 3.22. The Kier molecular flexibility index (Phi) is 6.29. The highest BCUT2D eigenvalue weighted by atomic mass is 16.5. The topological polar surface area (TPSA) is 96.7 Å². The molecule has 7 nitrogen and oxygen atoms in total. The van der Waals surface area contributed by atoms with Gasteiger partial charge < -0.3 is 9.84 Å². The van der Waals surface area contributed by atoms with Gasteiger partial charge in [0.1, 0.15) is 11.3 Å². The van der Waals surface area contributed by atoms with E-state index < -0.39 is 17.1 Å². The first-order valence-electron chi connectivity index (χ1n) is 9.44. The molecule has 0 aliphatic carbocycles. The number of hydrogen-bond acceptors (Lipinski definition) is 5. The van der Waals surface area contributed by atoms with Crippen molar-refractivity contribution < 1.29 is 9.84 Å². The van der Waals surface area contributed by atoms with Gasteiger partial charge in [-0.15, -0.1) is 0 Å². The molecule has 3 rings (SSSR count). The molecule has 0 fully saturated rings. The third kappa shape index (κ3) is 4.63. The second-order valence-electron chi connectivity index (χ2n) is 6.37. The van der Waals surface area contributed by atoms with E-state index in [4.69, 9.17) is 4.74 Å². The molecule has 3 aromatic rings. The van der Waals surface area contributed by atoms with Gasteiger partial charge >= 0.3 is 5.69 Å². The summed E-state index contributed by atoms with van der Waals surface area (Å²) in [7, 11) is 0. The van der Waals surface area contributed by atoms with Crippen LogP contribution >= 0.6 is 0 Å². The van der Waals surface area contributed by atoms with Crippen LogP contribution in [-0.4, -0.2) is 27.0 Å². The lowest BCUT2D eigenvalue weighted by Gasteiger charge is -2.12. The highest BCUT2D eigenvalue weighted by Crippen LogP contribution is 2.22. The molecule has 0 aliphatic rings. The first kappa shape index (κ1) is 20.1. The van der Waals surface area contributed by atoms with Crippen LogP contribution in [0.25, 0.3) is 0 Å². The monoisotopic (exact) mass is 393 g/mol. The fourth-order valence-electron chi connectivity index (χ4n) is 2.98. The number of benzene rings is 2. The number of rotatable bonds is 7. The van der Waals surface area contributed by atoms with E-state index in [1.165, 1.54) is 0 Å². The molecule has 2 aromatic carbocycles. The molecular weight excluding hydrogens is 370 g/mol. The average molecular weight is 393 g/mol. The zero-order chi connectivity index (χ0) is 20.8. The second-order valence-corrected chi connectivity index (χ2v) is 6.37. The normalized spacial score (nSPS) is 11.4. The van der Waals surface area contributed by atoms with E-state index in [9.17, 15) is 14.7 Å². The molecule has 0 aliphatic heterocycles. The van der Waals surface area contributed by atoms with Crippen LogP contribution in [0.2, 0.25) is 0 Å². The Morgan fingerprint density at radius 1 is 1.07 bits per heavy atom. The van der Waals surface area contributed by atoms with Crippen LogP contribution in [0.5, 0.6) is 11.6 Å². The zero-order valence-corrected chi connectivity index (χ0v) is 16.4. The zero-order valence-electron chi connectivity index (χ0n) is 16.4. The molecule has 7 heteroatoms. The maximum atomic E-state index is 12.5. The molecule has 0 atom stereocenters. The van der Waals surface area contributed by atoms with Gasteiger partial charge in [-0.2, -0.15) is 0 Å². The van der Waals surface area contributed by atoms with Crippen molar-refractivity contribution in [3.8, 4) is 11.6 Å². The Labute approximate surface area is 168 Å². The summed E-state index contributed by atoms with van der Waals surface area (Å²) in [5.41, 5.74) is 0.487. The van der Waals surface area contributed by atoms with E-state index in [0.29, 0.717) is 24.4 Å². The van der Waals surface area contributed by atoms with Crippen LogP contribution in [0.15, 0.2) is 69.2 Å². The quantitative estimate of drug-likeness (QED) is 0.602. The van der Waals surface area contributed by atoms with E-state index >= 15 is 0 Å². The summed E-state index contributed by atoms with van der Waals surface area (Å²) < 4.78 is 6.55. The van der Waals surface area contributed by atoms with Crippen molar-refractivity contribution in [3.05, 3.63) is 86.6 Å². The van der Waals surface area contributed by atoms with E-state index in [0.717, 1.165) is 15.9 Å². The number of aliphatic imine (C=N–C) groups is 1. The molecule has 0 radical (unpaired) electrons. The molecule has 1 aromatic heterocycles. The standard InChI is InChI=1S/C22H23N3O4/c1-3-18(23-16-10-12-17(13-11-16)29-4-2)19-20(26)24-22(28)25(21(19)27)14-15-8-6-5-7-9-15/h5-13,27H,3-4,14H2,1-2H3,(H,24,26,28). The molecule has 1 heterocycles. The summed E-state index contributed by atoms with van der Waals surface area (Å²) in [6.07, 6.45) is 0.396. The minimum Gasteiger partial charge on any atom is -0.494 e. The van der Waals surface area contributed by atoms with Gasteiger partial charge in [0.15, 0.2) is 0 Å². The van der Waals surface area contributed by atoms with Gasteiger partial charge in [-0.3, -0.25) is 19.3 Å². The Morgan fingerprint density at radius 3 is 2.38 bits per heavy atom.